The van der Waals surface area contributed by atoms with Crippen LogP contribution in [-0.4, -0.2) is 13.1 Å². The Kier molecular flexibility index (Phi) is 5.52. The van der Waals surface area contributed by atoms with Gasteiger partial charge in [-0.2, -0.15) is 26.3 Å². The van der Waals surface area contributed by atoms with E-state index in [-0.39, 0.29) is 37.6 Å². The lowest BCUT2D eigenvalue weighted by atomic mass is 9.88. The Bertz CT molecular complexity index is 938. The van der Waals surface area contributed by atoms with Gasteiger partial charge in [0.1, 0.15) is 5.82 Å². The maximum absolute atomic E-state index is 13.6. The van der Waals surface area contributed by atoms with Gasteiger partial charge in [0.15, 0.2) is 0 Å². The van der Waals surface area contributed by atoms with Gasteiger partial charge in [0.2, 0.25) is 0 Å². The topological polar surface area (TPSA) is 3.24 Å². The molecule has 154 valence electrons. The highest BCUT2D eigenvalue weighted by Crippen LogP contribution is 2.42. The molecule has 1 heterocycles. The zero-order chi connectivity index (χ0) is 21.4. The van der Waals surface area contributed by atoms with E-state index in [1.807, 2.05) is 0 Å². The summed E-state index contributed by atoms with van der Waals surface area (Å²) in [6.45, 7) is 0.161. The Balaban J connectivity index is 2.06. The summed E-state index contributed by atoms with van der Waals surface area (Å²) in [5, 5.41) is 0. The van der Waals surface area contributed by atoms with Crippen molar-refractivity contribution in [1.29, 1.82) is 0 Å². The number of aryl methyl sites for hydroxylation is 1. The summed E-state index contributed by atoms with van der Waals surface area (Å²) in [6, 6.07) is 5.76. The van der Waals surface area contributed by atoms with E-state index >= 15 is 0 Å². The molecule has 0 aliphatic carbocycles. The summed E-state index contributed by atoms with van der Waals surface area (Å²) < 4.78 is 93.2. The van der Waals surface area contributed by atoms with Crippen LogP contribution in [0.2, 0.25) is 0 Å². The SMILES string of the molecule is C#CCN1CC(c2ccc(C(F)(F)F)cc2C(F)(F)F)CCc2cc(F)ccc21. The van der Waals surface area contributed by atoms with Crippen LogP contribution < -0.4 is 4.90 Å². The largest absolute Gasteiger partial charge is 0.416 e. The van der Waals surface area contributed by atoms with Crippen LogP contribution in [0, 0.1) is 18.2 Å². The third kappa shape index (κ3) is 4.50. The lowest BCUT2D eigenvalue weighted by Crippen LogP contribution is -2.29. The molecule has 0 spiro atoms. The zero-order valence-electron chi connectivity index (χ0n) is 15.0. The normalized spacial score (nSPS) is 17.4. The van der Waals surface area contributed by atoms with E-state index < -0.39 is 35.2 Å². The van der Waals surface area contributed by atoms with Gasteiger partial charge in [-0.3, -0.25) is 0 Å². The van der Waals surface area contributed by atoms with E-state index in [0.717, 1.165) is 6.07 Å². The van der Waals surface area contributed by atoms with Crippen LogP contribution in [-0.2, 0) is 18.8 Å². The summed E-state index contributed by atoms with van der Waals surface area (Å²) >= 11 is 0. The molecule has 0 bridgehead atoms. The van der Waals surface area contributed by atoms with E-state index in [1.165, 1.54) is 18.2 Å². The van der Waals surface area contributed by atoms with Crippen molar-refractivity contribution in [3.05, 3.63) is 64.5 Å². The molecule has 0 saturated carbocycles. The molecule has 0 fully saturated rings. The summed E-state index contributed by atoms with van der Waals surface area (Å²) in [5.74, 6) is 1.23. The van der Waals surface area contributed by atoms with Crippen molar-refractivity contribution in [1.82, 2.24) is 0 Å². The average Bonchev–Trinajstić information content (AvgIpc) is 2.79. The van der Waals surface area contributed by atoms with Crippen LogP contribution in [0.4, 0.5) is 36.4 Å². The van der Waals surface area contributed by atoms with Crippen LogP contribution in [0.15, 0.2) is 36.4 Å². The van der Waals surface area contributed by atoms with Crippen LogP contribution in [0.3, 0.4) is 0 Å². The standard InChI is InChI=1S/C21H16F7N/c1-2-9-29-12-14(4-3-13-10-16(22)6-8-19(13)29)17-7-5-15(20(23,24)25)11-18(17)21(26,27)28/h1,5-8,10-11,14H,3-4,9,12H2. The highest BCUT2D eigenvalue weighted by atomic mass is 19.4. The van der Waals surface area contributed by atoms with E-state index in [4.69, 9.17) is 6.42 Å². The molecule has 1 nitrogen and oxygen atoms in total. The van der Waals surface area contributed by atoms with E-state index in [1.54, 1.807) is 4.90 Å². The van der Waals surface area contributed by atoms with Crippen molar-refractivity contribution in [2.24, 2.45) is 0 Å². The molecule has 0 amide bonds. The zero-order valence-corrected chi connectivity index (χ0v) is 15.0. The Hall–Kier alpha value is -2.69. The molecule has 2 aromatic rings. The van der Waals surface area contributed by atoms with Crippen molar-refractivity contribution in [2.45, 2.75) is 31.1 Å². The maximum Gasteiger partial charge on any atom is 0.416 e. The van der Waals surface area contributed by atoms with Crippen LogP contribution in [0.25, 0.3) is 0 Å². The number of alkyl halides is 6. The molecule has 0 saturated heterocycles. The Morgan fingerprint density at radius 3 is 2.34 bits per heavy atom. The molecular weight excluding hydrogens is 399 g/mol. The van der Waals surface area contributed by atoms with Crippen molar-refractivity contribution in [2.75, 3.05) is 18.0 Å². The molecule has 1 aliphatic heterocycles. The lowest BCUT2D eigenvalue weighted by molar-refractivity contribution is -0.143. The van der Waals surface area contributed by atoms with Gasteiger partial charge in [-0.25, -0.2) is 4.39 Å². The fourth-order valence-corrected chi connectivity index (χ4v) is 3.70. The molecule has 2 aromatic carbocycles. The molecule has 1 atom stereocenters. The van der Waals surface area contributed by atoms with Crippen LogP contribution in [0.1, 0.15) is 34.6 Å². The number of benzene rings is 2. The van der Waals surface area contributed by atoms with Gasteiger partial charge in [-0.15, -0.1) is 6.42 Å². The van der Waals surface area contributed by atoms with Gasteiger partial charge in [-0.05, 0) is 54.3 Å². The predicted octanol–water partition coefficient (Wildman–Crippen LogP) is 6.03. The second-order valence-corrected chi connectivity index (χ2v) is 6.89. The second kappa shape index (κ2) is 7.62. The number of rotatable bonds is 2. The molecule has 8 heteroatoms. The third-order valence-corrected chi connectivity index (χ3v) is 4.99. The number of hydrogen-bond donors (Lipinski definition) is 0. The molecule has 1 aliphatic rings. The first-order valence-electron chi connectivity index (χ1n) is 8.76. The van der Waals surface area contributed by atoms with Gasteiger partial charge in [0, 0.05) is 18.2 Å². The lowest BCUT2D eigenvalue weighted by Gasteiger charge is -2.28. The minimum Gasteiger partial charge on any atom is -0.360 e. The number of anilines is 1. The first-order chi connectivity index (χ1) is 13.5. The number of fused-ring (bicyclic) bond motifs is 1. The molecule has 1 unspecified atom stereocenters. The van der Waals surface area contributed by atoms with E-state index in [0.29, 0.717) is 17.3 Å². The van der Waals surface area contributed by atoms with Gasteiger partial charge < -0.3 is 4.90 Å². The van der Waals surface area contributed by atoms with Crippen molar-refractivity contribution in [3.8, 4) is 12.3 Å². The molecular formula is C21H16F7N. The van der Waals surface area contributed by atoms with Gasteiger partial charge in [0.05, 0.1) is 17.7 Å². The third-order valence-electron chi connectivity index (χ3n) is 4.99. The molecule has 0 aromatic heterocycles. The number of hydrogen-bond acceptors (Lipinski definition) is 1. The average molecular weight is 415 g/mol. The fourth-order valence-electron chi connectivity index (χ4n) is 3.70. The van der Waals surface area contributed by atoms with Gasteiger partial charge in [0.25, 0.3) is 0 Å². The molecule has 3 rings (SSSR count). The number of terminal acetylenes is 1. The highest BCUT2D eigenvalue weighted by Gasteiger charge is 2.40. The van der Waals surface area contributed by atoms with Crippen LogP contribution >= 0.6 is 0 Å². The van der Waals surface area contributed by atoms with Crippen LogP contribution in [0.5, 0.6) is 0 Å². The quantitative estimate of drug-likeness (QED) is 0.428. The molecule has 29 heavy (non-hydrogen) atoms. The molecule has 0 radical (unpaired) electrons. The first kappa shape index (κ1) is 21.0. The van der Waals surface area contributed by atoms with E-state index in [9.17, 15) is 30.7 Å². The summed E-state index contributed by atoms with van der Waals surface area (Å²) in [4.78, 5) is 1.66. The fraction of sp³-hybridized carbons (Fsp3) is 0.333. The van der Waals surface area contributed by atoms with Gasteiger partial charge >= 0.3 is 12.4 Å². The minimum absolute atomic E-state index is 0.0805. The number of nitrogens with zero attached hydrogens (tertiary/aromatic N) is 1. The summed E-state index contributed by atoms with van der Waals surface area (Å²) in [5.41, 5.74) is -1.67. The predicted molar refractivity (Wildman–Crippen MR) is 95.0 cm³/mol. The Labute approximate surface area is 163 Å². The van der Waals surface area contributed by atoms with Crippen molar-refractivity contribution < 1.29 is 30.7 Å². The smallest absolute Gasteiger partial charge is 0.360 e. The highest BCUT2D eigenvalue weighted by molar-refractivity contribution is 5.56. The van der Waals surface area contributed by atoms with Gasteiger partial charge in [-0.1, -0.05) is 12.0 Å². The first-order valence-corrected chi connectivity index (χ1v) is 8.76. The Morgan fingerprint density at radius 2 is 1.72 bits per heavy atom. The van der Waals surface area contributed by atoms with Crippen molar-refractivity contribution >= 4 is 5.69 Å². The Morgan fingerprint density at radius 1 is 1.00 bits per heavy atom. The summed E-state index contributed by atoms with van der Waals surface area (Å²) in [7, 11) is 0. The second-order valence-electron chi connectivity index (χ2n) is 6.89. The maximum atomic E-state index is 13.6. The molecule has 0 N–H and O–H groups in total. The minimum atomic E-state index is -4.95. The number of halogens is 7. The summed E-state index contributed by atoms with van der Waals surface area (Å²) in [6.07, 6.45) is -3.96. The monoisotopic (exact) mass is 415 g/mol. The van der Waals surface area contributed by atoms with E-state index in [2.05, 4.69) is 5.92 Å². The van der Waals surface area contributed by atoms with Crippen molar-refractivity contribution in [3.63, 3.8) is 0 Å².